The number of nitrogens with one attached hydrogen (secondary N) is 1. The van der Waals surface area contributed by atoms with Crippen molar-refractivity contribution >= 4 is 16.9 Å². The highest BCUT2D eigenvalue weighted by Crippen LogP contribution is 2.13. The largest absolute Gasteiger partial charge is 0.283 e. The molecule has 0 aromatic heterocycles. The second-order valence-electron chi connectivity index (χ2n) is 2.27. The second kappa shape index (κ2) is 3.25. The van der Waals surface area contributed by atoms with Crippen LogP contribution in [0.2, 0.25) is 0 Å². The van der Waals surface area contributed by atoms with Crippen molar-refractivity contribution < 1.29 is 0 Å². The van der Waals surface area contributed by atoms with Crippen molar-refractivity contribution in [2.45, 2.75) is 13.0 Å². The van der Waals surface area contributed by atoms with Gasteiger partial charge in [-0.1, -0.05) is 11.8 Å². The summed E-state index contributed by atoms with van der Waals surface area (Å²) >= 11 is 1.68. The molecule has 0 aromatic rings. The van der Waals surface area contributed by atoms with Gasteiger partial charge in [-0.25, -0.2) is 5.43 Å². The van der Waals surface area contributed by atoms with Crippen LogP contribution < -0.4 is 5.43 Å². The Balaban J connectivity index is 2.57. The molecule has 1 heterocycles. The molecule has 1 aliphatic rings. The van der Waals surface area contributed by atoms with Crippen LogP contribution in [0.15, 0.2) is 4.99 Å². The predicted octanol–water partition coefficient (Wildman–Crippen LogP) is 0.544. The Bertz CT molecular complexity index is 146. The summed E-state index contributed by atoms with van der Waals surface area (Å²) < 4.78 is 0. The molecular weight excluding hydrogens is 146 g/mol. The number of aliphatic imine (C=N–C) groups is 1. The molecule has 0 saturated heterocycles. The number of hydrogen-bond acceptors (Lipinski definition) is 4. The van der Waals surface area contributed by atoms with Crippen molar-refractivity contribution in [3.8, 4) is 0 Å². The van der Waals surface area contributed by atoms with E-state index in [4.69, 9.17) is 0 Å². The summed E-state index contributed by atoms with van der Waals surface area (Å²) in [4.78, 5) is 4.33. The van der Waals surface area contributed by atoms with Gasteiger partial charge in [0, 0.05) is 7.05 Å². The normalized spacial score (nSPS) is 25.3. The van der Waals surface area contributed by atoms with E-state index in [1.165, 1.54) is 0 Å². The molecule has 10 heavy (non-hydrogen) atoms. The SMILES string of the molecule is CNN1C(SC)=NCC1C. The first kappa shape index (κ1) is 7.88. The summed E-state index contributed by atoms with van der Waals surface area (Å²) in [5.74, 6) is 0. The van der Waals surface area contributed by atoms with Crippen molar-refractivity contribution in [3.05, 3.63) is 0 Å². The maximum atomic E-state index is 4.33. The van der Waals surface area contributed by atoms with Crippen LogP contribution in [0.4, 0.5) is 0 Å². The van der Waals surface area contributed by atoms with Gasteiger partial charge in [-0.15, -0.1) is 0 Å². The lowest BCUT2D eigenvalue weighted by Gasteiger charge is -2.22. The molecule has 1 unspecified atom stereocenters. The Kier molecular flexibility index (Phi) is 2.56. The molecule has 0 spiro atoms. The fourth-order valence-electron chi connectivity index (χ4n) is 1.04. The van der Waals surface area contributed by atoms with Crippen molar-refractivity contribution in [2.24, 2.45) is 4.99 Å². The van der Waals surface area contributed by atoms with Gasteiger partial charge >= 0.3 is 0 Å². The quantitative estimate of drug-likeness (QED) is 0.605. The lowest BCUT2D eigenvalue weighted by molar-refractivity contribution is 0.298. The van der Waals surface area contributed by atoms with Crippen LogP contribution in [0.5, 0.6) is 0 Å². The van der Waals surface area contributed by atoms with E-state index in [9.17, 15) is 0 Å². The average molecular weight is 159 g/mol. The summed E-state index contributed by atoms with van der Waals surface area (Å²) in [7, 11) is 1.92. The lowest BCUT2D eigenvalue weighted by Crippen LogP contribution is -2.42. The topological polar surface area (TPSA) is 27.6 Å². The molecule has 1 aliphatic heterocycles. The van der Waals surface area contributed by atoms with Gasteiger partial charge in [0.05, 0.1) is 12.6 Å². The number of nitrogens with zero attached hydrogens (tertiary/aromatic N) is 2. The van der Waals surface area contributed by atoms with Gasteiger partial charge < -0.3 is 0 Å². The Morgan fingerprint density at radius 3 is 2.90 bits per heavy atom. The third kappa shape index (κ3) is 1.27. The molecule has 0 amide bonds. The lowest BCUT2D eigenvalue weighted by atomic mass is 10.4. The first-order chi connectivity index (χ1) is 4.79. The summed E-state index contributed by atoms with van der Waals surface area (Å²) in [5, 5.41) is 3.18. The predicted molar refractivity (Wildman–Crippen MR) is 46.2 cm³/mol. The summed E-state index contributed by atoms with van der Waals surface area (Å²) in [6.45, 7) is 3.07. The standard InChI is InChI=1S/C6H13N3S/c1-5-4-8-6(10-3)9(5)7-2/h5,7H,4H2,1-3H3. The highest BCUT2D eigenvalue weighted by atomic mass is 32.2. The van der Waals surface area contributed by atoms with Gasteiger partial charge in [0.25, 0.3) is 0 Å². The van der Waals surface area contributed by atoms with E-state index < -0.39 is 0 Å². The molecular formula is C6H13N3S. The molecule has 0 saturated carbocycles. The maximum Gasteiger partial charge on any atom is 0.173 e. The third-order valence-electron chi connectivity index (χ3n) is 1.56. The number of hydrazine groups is 1. The van der Waals surface area contributed by atoms with Gasteiger partial charge in [-0.3, -0.25) is 10.0 Å². The summed E-state index contributed by atoms with van der Waals surface area (Å²) in [6, 6.07) is 0.507. The molecule has 3 nitrogen and oxygen atoms in total. The molecule has 1 atom stereocenters. The van der Waals surface area contributed by atoms with E-state index in [-0.39, 0.29) is 0 Å². The number of thioether (sulfide) groups is 1. The molecule has 4 heteroatoms. The third-order valence-corrected chi connectivity index (χ3v) is 2.25. The fourth-order valence-corrected chi connectivity index (χ4v) is 1.71. The first-order valence-electron chi connectivity index (χ1n) is 3.34. The van der Waals surface area contributed by atoms with Gasteiger partial charge in [0.2, 0.25) is 0 Å². The molecule has 0 aliphatic carbocycles. The first-order valence-corrected chi connectivity index (χ1v) is 4.57. The second-order valence-corrected chi connectivity index (χ2v) is 3.04. The Labute approximate surface area is 65.9 Å². The van der Waals surface area contributed by atoms with E-state index in [0.29, 0.717) is 6.04 Å². The maximum absolute atomic E-state index is 4.33. The van der Waals surface area contributed by atoms with Crippen LogP contribution in [0, 0.1) is 0 Å². The van der Waals surface area contributed by atoms with Crippen molar-refractivity contribution in [3.63, 3.8) is 0 Å². The fraction of sp³-hybridized carbons (Fsp3) is 0.833. The van der Waals surface area contributed by atoms with Gasteiger partial charge in [0.15, 0.2) is 5.17 Å². The van der Waals surface area contributed by atoms with Crippen LogP contribution in [0.1, 0.15) is 6.92 Å². The van der Waals surface area contributed by atoms with Crippen molar-refractivity contribution in [1.29, 1.82) is 0 Å². The van der Waals surface area contributed by atoms with Gasteiger partial charge in [-0.05, 0) is 13.2 Å². The zero-order chi connectivity index (χ0) is 7.56. The molecule has 58 valence electrons. The molecule has 0 bridgehead atoms. The van der Waals surface area contributed by atoms with Crippen LogP contribution in [-0.2, 0) is 0 Å². The van der Waals surface area contributed by atoms with Crippen LogP contribution in [0.25, 0.3) is 0 Å². The van der Waals surface area contributed by atoms with Crippen LogP contribution in [-0.4, -0.2) is 36.1 Å². The number of amidine groups is 1. The van der Waals surface area contributed by atoms with E-state index in [1.807, 2.05) is 13.3 Å². The average Bonchev–Trinajstić information content (AvgIpc) is 2.30. The monoisotopic (exact) mass is 159 g/mol. The highest BCUT2D eigenvalue weighted by molar-refractivity contribution is 8.13. The highest BCUT2D eigenvalue weighted by Gasteiger charge is 2.21. The van der Waals surface area contributed by atoms with Crippen LogP contribution >= 0.6 is 11.8 Å². The van der Waals surface area contributed by atoms with E-state index >= 15 is 0 Å². The Hall–Kier alpha value is -0.220. The molecule has 0 fully saturated rings. The smallest absolute Gasteiger partial charge is 0.173 e. The molecule has 0 radical (unpaired) electrons. The van der Waals surface area contributed by atoms with E-state index in [0.717, 1.165) is 11.7 Å². The van der Waals surface area contributed by atoms with E-state index in [1.54, 1.807) is 11.8 Å². The number of hydrogen-bond donors (Lipinski definition) is 1. The minimum absolute atomic E-state index is 0.507. The van der Waals surface area contributed by atoms with Crippen molar-refractivity contribution in [2.75, 3.05) is 19.8 Å². The zero-order valence-corrected chi connectivity index (χ0v) is 7.40. The van der Waals surface area contributed by atoms with E-state index in [2.05, 4.69) is 22.4 Å². The van der Waals surface area contributed by atoms with Gasteiger partial charge in [-0.2, -0.15) is 0 Å². The summed E-state index contributed by atoms with van der Waals surface area (Å²) in [5.41, 5.74) is 3.10. The summed E-state index contributed by atoms with van der Waals surface area (Å²) in [6.07, 6.45) is 2.04. The number of rotatable bonds is 1. The molecule has 1 N–H and O–H groups in total. The zero-order valence-electron chi connectivity index (χ0n) is 6.59. The minimum atomic E-state index is 0.507. The Morgan fingerprint density at radius 1 is 1.80 bits per heavy atom. The molecule has 0 aromatic carbocycles. The van der Waals surface area contributed by atoms with Gasteiger partial charge in [0.1, 0.15) is 0 Å². The minimum Gasteiger partial charge on any atom is -0.283 e. The Morgan fingerprint density at radius 2 is 2.50 bits per heavy atom. The van der Waals surface area contributed by atoms with Crippen LogP contribution in [0.3, 0.4) is 0 Å². The molecule has 1 rings (SSSR count). The van der Waals surface area contributed by atoms with Crippen molar-refractivity contribution in [1.82, 2.24) is 10.4 Å².